The third kappa shape index (κ3) is 4.53. The summed E-state index contributed by atoms with van der Waals surface area (Å²) in [5, 5.41) is 3.43. The van der Waals surface area contributed by atoms with Gasteiger partial charge >= 0.3 is 0 Å². The molecule has 0 atom stereocenters. The van der Waals surface area contributed by atoms with Crippen LogP contribution in [-0.2, 0) is 6.54 Å². The maximum Gasteiger partial charge on any atom is 0.272 e. The lowest BCUT2D eigenvalue weighted by Crippen LogP contribution is -2.31. The number of amides is 1. The van der Waals surface area contributed by atoms with Gasteiger partial charge in [0.25, 0.3) is 5.91 Å². The highest BCUT2D eigenvalue weighted by Gasteiger charge is 2.16. The lowest BCUT2D eigenvalue weighted by atomic mass is 10.1. The molecule has 0 saturated heterocycles. The first-order chi connectivity index (χ1) is 13.1. The molecule has 0 radical (unpaired) electrons. The molecule has 0 saturated carbocycles. The van der Waals surface area contributed by atoms with Gasteiger partial charge in [-0.05, 0) is 49.6 Å². The van der Waals surface area contributed by atoms with E-state index >= 15 is 0 Å². The number of anilines is 2. The third-order valence-corrected chi connectivity index (χ3v) is 4.61. The predicted octanol–water partition coefficient (Wildman–Crippen LogP) is 5.10. The highest BCUT2D eigenvalue weighted by Crippen LogP contribution is 2.24. The van der Waals surface area contributed by atoms with Crippen LogP contribution in [0.5, 0.6) is 0 Å². The number of rotatable bonds is 6. The summed E-state index contributed by atoms with van der Waals surface area (Å²) in [6.45, 7) is 7.33. The second-order valence-electron chi connectivity index (χ2n) is 6.63. The van der Waals surface area contributed by atoms with Crippen molar-refractivity contribution in [3.05, 3.63) is 89.2 Å². The lowest BCUT2D eigenvalue weighted by molar-refractivity contribution is 0.0746. The van der Waals surface area contributed by atoms with Gasteiger partial charge in [0, 0.05) is 30.7 Å². The Labute approximate surface area is 160 Å². The van der Waals surface area contributed by atoms with Crippen molar-refractivity contribution in [2.75, 3.05) is 11.9 Å². The number of hydrogen-bond donors (Lipinski definition) is 1. The molecule has 0 aliphatic rings. The van der Waals surface area contributed by atoms with Crippen molar-refractivity contribution in [1.29, 1.82) is 0 Å². The quantitative estimate of drug-likeness (QED) is 0.665. The van der Waals surface area contributed by atoms with Crippen LogP contribution < -0.4 is 5.32 Å². The highest BCUT2D eigenvalue weighted by molar-refractivity contribution is 5.93. The number of aryl methyl sites for hydroxylation is 2. The van der Waals surface area contributed by atoms with E-state index in [0.29, 0.717) is 18.8 Å². The summed E-state index contributed by atoms with van der Waals surface area (Å²) >= 11 is 0. The summed E-state index contributed by atoms with van der Waals surface area (Å²) in [5.41, 5.74) is 5.82. The Balaban J connectivity index is 1.80. The number of carbonyl (C=O) groups is 1. The molecule has 1 N–H and O–H groups in total. The van der Waals surface area contributed by atoms with Gasteiger partial charge in [-0.1, -0.05) is 48.5 Å². The Kier molecular flexibility index (Phi) is 5.87. The zero-order valence-electron chi connectivity index (χ0n) is 16.1. The van der Waals surface area contributed by atoms with Gasteiger partial charge in [-0.15, -0.1) is 0 Å². The minimum atomic E-state index is -0.0634. The van der Waals surface area contributed by atoms with Crippen LogP contribution in [0.1, 0.15) is 34.1 Å². The minimum Gasteiger partial charge on any atom is -0.355 e. The molecule has 1 aromatic heterocycles. The summed E-state index contributed by atoms with van der Waals surface area (Å²) in [6, 6.07) is 19.9. The number of aromatic nitrogens is 1. The molecule has 3 aromatic rings. The summed E-state index contributed by atoms with van der Waals surface area (Å²) < 4.78 is 0. The van der Waals surface area contributed by atoms with Gasteiger partial charge in [-0.2, -0.15) is 0 Å². The summed E-state index contributed by atoms with van der Waals surface area (Å²) in [7, 11) is 0. The second kappa shape index (κ2) is 8.49. The second-order valence-corrected chi connectivity index (χ2v) is 6.63. The number of carbonyl (C=O) groups excluding carboxylic acids is 1. The van der Waals surface area contributed by atoms with E-state index in [4.69, 9.17) is 0 Å². The number of hydrogen-bond acceptors (Lipinski definition) is 3. The van der Waals surface area contributed by atoms with E-state index in [9.17, 15) is 4.79 Å². The van der Waals surface area contributed by atoms with E-state index in [2.05, 4.69) is 36.3 Å². The molecule has 0 unspecified atom stereocenters. The van der Waals surface area contributed by atoms with Crippen LogP contribution in [-0.4, -0.2) is 22.3 Å². The largest absolute Gasteiger partial charge is 0.355 e. The van der Waals surface area contributed by atoms with E-state index in [1.165, 1.54) is 11.1 Å². The molecule has 138 valence electrons. The highest BCUT2D eigenvalue weighted by atomic mass is 16.2. The first kappa shape index (κ1) is 18.6. The van der Waals surface area contributed by atoms with Crippen molar-refractivity contribution in [2.45, 2.75) is 27.3 Å². The van der Waals surface area contributed by atoms with Crippen LogP contribution in [0.15, 0.2) is 66.9 Å². The molecule has 0 aliphatic heterocycles. The number of pyridine rings is 1. The molecule has 4 heteroatoms. The summed E-state index contributed by atoms with van der Waals surface area (Å²) in [6.07, 6.45) is 1.68. The van der Waals surface area contributed by atoms with E-state index in [-0.39, 0.29) is 5.91 Å². The topological polar surface area (TPSA) is 45.2 Å². The molecule has 1 heterocycles. The SMILES string of the molecule is CCN(Cc1ccccc1)C(=O)c1cc(Nc2c(C)cccc2C)ccn1. The summed E-state index contributed by atoms with van der Waals surface area (Å²) in [4.78, 5) is 19.1. The maximum absolute atomic E-state index is 13.0. The Morgan fingerprint density at radius 2 is 1.70 bits per heavy atom. The predicted molar refractivity (Wildman–Crippen MR) is 110 cm³/mol. The average Bonchev–Trinajstić information content (AvgIpc) is 2.69. The van der Waals surface area contributed by atoms with Crippen LogP contribution >= 0.6 is 0 Å². The smallest absolute Gasteiger partial charge is 0.272 e. The van der Waals surface area contributed by atoms with Gasteiger partial charge < -0.3 is 10.2 Å². The average molecular weight is 359 g/mol. The molecule has 0 spiro atoms. The third-order valence-electron chi connectivity index (χ3n) is 4.61. The van der Waals surface area contributed by atoms with Gasteiger partial charge in [-0.25, -0.2) is 0 Å². The molecule has 4 nitrogen and oxygen atoms in total. The minimum absolute atomic E-state index is 0.0634. The van der Waals surface area contributed by atoms with E-state index < -0.39 is 0 Å². The Morgan fingerprint density at radius 1 is 1.00 bits per heavy atom. The number of benzene rings is 2. The Morgan fingerprint density at radius 3 is 2.37 bits per heavy atom. The molecule has 27 heavy (non-hydrogen) atoms. The van der Waals surface area contributed by atoms with Crippen molar-refractivity contribution in [2.24, 2.45) is 0 Å². The number of nitrogens with one attached hydrogen (secondary N) is 1. The molecule has 2 aromatic carbocycles. The van der Waals surface area contributed by atoms with E-state index in [1.54, 1.807) is 11.1 Å². The molecule has 3 rings (SSSR count). The monoisotopic (exact) mass is 359 g/mol. The van der Waals surface area contributed by atoms with Crippen molar-refractivity contribution in [3.63, 3.8) is 0 Å². The zero-order valence-corrected chi connectivity index (χ0v) is 16.1. The summed E-state index contributed by atoms with van der Waals surface area (Å²) in [5.74, 6) is -0.0634. The van der Waals surface area contributed by atoms with Crippen molar-refractivity contribution < 1.29 is 4.79 Å². The first-order valence-corrected chi connectivity index (χ1v) is 9.21. The molecule has 1 amide bonds. The number of para-hydroxylation sites is 1. The zero-order chi connectivity index (χ0) is 19.2. The standard InChI is InChI=1S/C23H25N3O/c1-4-26(16-19-11-6-5-7-12-19)23(27)21-15-20(13-14-24-21)25-22-17(2)9-8-10-18(22)3/h5-15H,4,16H2,1-3H3,(H,24,25). The van der Waals surface area contributed by atoms with Gasteiger partial charge in [0.2, 0.25) is 0 Å². The van der Waals surface area contributed by atoms with Crippen LogP contribution in [0.25, 0.3) is 0 Å². The fraction of sp³-hybridized carbons (Fsp3) is 0.217. The van der Waals surface area contributed by atoms with E-state index in [1.807, 2.05) is 55.5 Å². The normalized spacial score (nSPS) is 10.5. The Bertz CT molecular complexity index is 902. The fourth-order valence-corrected chi connectivity index (χ4v) is 3.07. The van der Waals surface area contributed by atoms with Crippen LogP contribution in [0, 0.1) is 13.8 Å². The Hall–Kier alpha value is -3.14. The molecule has 0 fully saturated rings. The van der Waals surface area contributed by atoms with Gasteiger partial charge in [0.05, 0.1) is 0 Å². The molecule has 0 bridgehead atoms. The van der Waals surface area contributed by atoms with Crippen LogP contribution in [0.3, 0.4) is 0 Å². The van der Waals surface area contributed by atoms with Gasteiger partial charge in [0.1, 0.15) is 5.69 Å². The number of nitrogens with zero attached hydrogens (tertiary/aromatic N) is 2. The van der Waals surface area contributed by atoms with Crippen molar-refractivity contribution in [1.82, 2.24) is 9.88 Å². The van der Waals surface area contributed by atoms with Gasteiger partial charge in [0.15, 0.2) is 0 Å². The van der Waals surface area contributed by atoms with Gasteiger partial charge in [-0.3, -0.25) is 9.78 Å². The lowest BCUT2D eigenvalue weighted by Gasteiger charge is -2.21. The molecular weight excluding hydrogens is 334 g/mol. The first-order valence-electron chi connectivity index (χ1n) is 9.21. The molecular formula is C23H25N3O. The van der Waals surface area contributed by atoms with Crippen LogP contribution in [0.2, 0.25) is 0 Å². The molecule has 0 aliphatic carbocycles. The fourth-order valence-electron chi connectivity index (χ4n) is 3.07. The van der Waals surface area contributed by atoms with Crippen molar-refractivity contribution in [3.8, 4) is 0 Å². The van der Waals surface area contributed by atoms with E-state index in [0.717, 1.165) is 16.9 Å². The van der Waals surface area contributed by atoms with Crippen molar-refractivity contribution >= 4 is 17.3 Å². The maximum atomic E-state index is 13.0. The van der Waals surface area contributed by atoms with Crippen LogP contribution in [0.4, 0.5) is 11.4 Å².